The number of hydrogen-bond donors (Lipinski definition) is 0. The molecule has 48 valence electrons. The monoisotopic (exact) mass is 200 g/mol. The SMILES string of the molecule is [Li+].[S-]C1CCC(Br)CC1. The summed E-state index contributed by atoms with van der Waals surface area (Å²) in [7, 11) is 0. The van der Waals surface area contributed by atoms with Gasteiger partial charge in [0.2, 0.25) is 0 Å². The summed E-state index contributed by atoms with van der Waals surface area (Å²) in [6.45, 7) is 0. The quantitative estimate of drug-likeness (QED) is 0.282. The maximum atomic E-state index is 5.12. The molecule has 0 aromatic rings. The zero-order chi connectivity index (χ0) is 5.98. The first-order valence-electron chi connectivity index (χ1n) is 3.09. The summed E-state index contributed by atoms with van der Waals surface area (Å²) in [5.41, 5.74) is 0. The van der Waals surface area contributed by atoms with Crippen LogP contribution in [0.3, 0.4) is 0 Å². The second-order valence-corrected chi connectivity index (χ2v) is 4.34. The molecule has 0 aliphatic heterocycles. The number of alkyl halides is 1. The number of hydrogen-bond acceptors (Lipinski definition) is 1. The van der Waals surface area contributed by atoms with Crippen LogP contribution < -0.4 is 18.9 Å². The fourth-order valence-electron chi connectivity index (χ4n) is 1.02. The minimum atomic E-state index is 0. The first kappa shape index (κ1) is 10.4. The molecular weight excluding hydrogens is 191 g/mol. The normalized spacial score (nSPS) is 35.3. The van der Waals surface area contributed by atoms with Crippen molar-refractivity contribution in [2.75, 3.05) is 0 Å². The average Bonchev–Trinajstić information content (AvgIpc) is 1.77. The number of rotatable bonds is 0. The van der Waals surface area contributed by atoms with Gasteiger partial charge in [-0.3, -0.25) is 0 Å². The Bertz CT molecular complexity index is 61.5. The zero-order valence-electron chi connectivity index (χ0n) is 5.77. The van der Waals surface area contributed by atoms with Crippen LogP contribution in [0, 0.1) is 0 Å². The summed E-state index contributed by atoms with van der Waals surface area (Å²) in [6, 6.07) is 0. The molecule has 0 heterocycles. The van der Waals surface area contributed by atoms with Gasteiger partial charge >= 0.3 is 18.9 Å². The van der Waals surface area contributed by atoms with Gasteiger partial charge in [0.25, 0.3) is 0 Å². The molecule has 0 N–H and O–H groups in total. The van der Waals surface area contributed by atoms with Crippen LogP contribution in [0.4, 0.5) is 0 Å². The van der Waals surface area contributed by atoms with E-state index in [4.69, 9.17) is 12.6 Å². The molecule has 0 aromatic carbocycles. The van der Waals surface area contributed by atoms with E-state index in [0.29, 0.717) is 5.25 Å². The molecule has 1 aliphatic rings. The van der Waals surface area contributed by atoms with Crippen LogP contribution in [0.15, 0.2) is 0 Å². The third-order valence-corrected chi connectivity index (χ3v) is 2.99. The maximum absolute atomic E-state index is 5.12. The second-order valence-electron chi connectivity index (χ2n) is 2.37. The van der Waals surface area contributed by atoms with E-state index in [1.54, 1.807) is 0 Å². The molecule has 1 aliphatic carbocycles. The van der Waals surface area contributed by atoms with E-state index >= 15 is 0 Å². The van der Waals surface area contributed by atoms with Gasteiger partial charge in [-0.25, -0.2) is 0 Å². The predicted molar refractivity (Wildman–Crippen MR) is 42.3 cm³/mol. The van der Waals surface area contributed by atoms with Gasteiger partial charge in [0.05, 0.1) is 0 Å². The van der Waals surface area contributed by atoms with Gasteiger partial charge in [0.15, 0.2) is 0 Å². The van der Waals surface area contributed by atoms with E-state index in [1.807, 2.05) is 0 Å². The van der Waals surface area contributed by atoms with Crippen molar-refractivity contribution in [2.24, 2.45) is 0 Å². The molecule has 0 nitrogen and oxygen atoms in total. The van der Waals surface area contributed by atoms with Gasteiger partial charge < -0.3 is 12.6 Å². The molecule has 0 aromatic heterocycles. The van der Waals surface area contributed by atoms with Crippen molar-refractivity contribution in [1.29, 1.82) is 0 Å². The van der Waals surface area contributed by atoms with Gasteiger partial charge in [-0.05, 0) is 12.8 Å². The van der Waals surface area contributed by atoms with E-state index in [2.05, 4.69) is 15.9 Å². The van der Waals surface area contributed by atoms with Crippen LogP contribution in [0.5, 0.6) is 0 Å². The molecule has 0 radical (unpaired) electrons. The molecule has 1 rings (SSSR count). The van der Waals surface area contributed by atoms with E-state index in [9.17, 15) is 0 Å². The fraction of sp³-hybridized carbons (Fsp3) is 1.00. The van der Waals surface area contributed by atoms with Crippen molar-refractivity contribution in [1.82, 2.24) is 0 Å². The smallest absolute Gasteiger partial charge is 0.789 e. The fourth-order valence-corrected chi connectivity index (χ4v) is 1.82. The van der Waals surface area contributed by atoms with Crippen LogP contribution in [0.2, 0.25) is 0 Å². The molecule has 0 spiro atoms. The number of halogens is 1. The van der Waals surface area contributed by atoms with E-state index in [-0.39, 0.29) is 18.9 Å². The van der Waals surface area contributed by atoms with Crippen LogP contribution in [-0.4, -0.2) is 10.1 Å². The Morgan fingerprint density at radius 1 is 1.11 bits per heavy atom. The van der Waals surface area contributed by atoms with Crippen LogP contribution in [0.1, 0.15) is 25.7 Å². The van der Waals surface area contributed by atoms with Gasteiger partial charge in [0.1, 0.15) is 0 Å². The van der Waals surface area contributed by atoms with Crippen LogP contribution in [-0.2, 0) is 12.6 Å². The topological polar surface area (TPSA) is 0 Å². The van der Waals surface area contributed by atoms with Crippen molar-refractivity contribution in [3.63, 3.8) is 0 Å². The Hall–Kier alpha value is 1.43. The van der Waals surface area contributed by atoms with Crippen LogP contribution >= 0.6 is 15.9 Å². The first-order valence-corrected chi connectivity index (χ1v) is 4.47. The maximum Gasteiger partial charge on any atom is 1.00 e. The van der Waals surface area contributed by atoms with Gasteiger partial charge in [-0.1, -0.05) is 28.8 Å². The largest absolute Gasteiger partial charge is 1.00 e. The van der Waals surface area contributed by atoms with E-state index in [0.717, 1.165) is 4.83 Å². The third kappa shape index (κ3) is 3.98. The van der Waals surface area contributed by atoms with Crippen molar-refractivity contribution >= 4 is 28.6 Å². The van der Waals surface area contributed by atoms with Gasteiger partial charge in [0, 0.05) is 4.83 Å². The van der Waals surface area contributed by atoms with Crippen molar-refractivity contribution in [3.8, 4) is 0 Å². The standard InChI is InChI=1S/C6H11BrS.Li/c7-5-1-3-6(8)4-2-5;/h5-6,8H,1-4H2;/q;+1/p-1. The molecule has 9 heavy (non-hydrogen) atoms. The summed E-state index contributed by atoms with van der Waals surface area (Å²) < 4.78 is 0. The molecular formula is C6H10BrLiS. The van der Waals surface area contributed by atoms with Crippen molar-refractivity contribution in [3.05, 3.63) is 0 Å². The van der Waals surface area contributed by atoms with Crippen molar-refractivity contribution in [2.45, 2.75) is 35.8 Å². The predicted octanol–water partition coefficient (Wildman–Crippen LogP) is -0.757. The second kappa shape index (κ2) is 5.13. The van der Waals surface area contributed by atoms with Gasteiger partial charge in [-0.15, -0.1) is 0 Å². The summed E-state index contributed by atoms with van der Waals surface area (Å²) in [5.74, 6) is 0. The Morgan fingerprint density at radius 3 is 1.89 bits per heavy atom. The molecule has 0 unspecified atom stereocenters. The minimum Gasteiger partial charge on any atom is -0.789 e. The summed E-state index contributed by atoms with van der Waals surface area (Å²) in [6.07, 6.45) is 5.05. The molecule has 0 atom stereocenters. The molecule has 1 fully saturated rings. The Kier molecular flexibility index (Phi) is 5.94. The first-order chi connectivity index (χ1) is 3.79. The Morgan fingerprint density at radius 2 is 1.56 bits per heavy atom. The summed E-state index contributed by atoms with van der Waals surface area (Å²) in [4.78, 5) is 0.765. The molecule has 3 heteroatoms. The Labute approximate surface area is 82.9 Å². The molecule has 0 saturated heterocycles. The van der Waals surface area contributed by atoms with Crippen LogP contribution in [0.25, 0.3) is 0 Å². The molecule has 1 saturated carbocycles. The average molecular weight is 201 g/mol. The summed E-state index contributed by atoms with van der Waals surface area (Å²) in [5, 5.41) is 0.573. The third-order valence-electron chi connectivity index (χ3n) is 1.60. The van der Waals surface area contributed by atoms with E-state index in [1.165, 1.54) is 25.7 Å². The molecule has 0 amide bonds. The zero-order valence-corrected chi connectivity index (χ0v) is 8.17. The Balaban J connectivity index is 0.000000640. The summed E-state index contributed by atoms with van der Waals surface area (Å²) >= 11 is 8.69. The van der Waals surface area contributed by atoms with E-state index < -0.39 is 0 Å². The van der Waals surface area contributed by atoms with Gasteiger partial charge in [-0.2, -0.15) is 5.25 Å². The minimum absolute atomic E-state index is 0. The molecule has 0 bridgehead atoms. The van der Waals surface area contributed by atoms with Crippen molar-refractivity contribution < 1.29 is 18.9 Å².